The number of Topliss-reactive ketones (excluding diaryl/α,β-unsaturated/α-hetero) is 1. The molecule has 2 aromatic rings. The second-order valence-corrected chi connectivity index (χ2v) is 25.1. The van der Waals surface area contributed by atoms with E-state index in [0.29, 0.717) is 42.3 Å². The van der Waals surface area contributed by atoms with Crippen LogP contribution in [0.3, 0.4) is 0 Å². The Hall–Kier alpha value is -3.78. The Morgan fingerprint density at radius 3 is 2.15 bits per heavy atom. The normalized spacial score (nSPS) is 35.6. The van der Waals surface area contributed by atoms with Crippen LogP contribution < -0.4 is 5.32 Å². The molecule has 6 fully saturated rings. The maximum atomic E-state index is 14.9. The Kier molecular flexibility index (Phi) is 14.2. The first kappa shape index (κ1) is 50.6. The minimum atomic E-state index is -0.658. The lowest BCUT2D eigenvalue weighted by Gasteiger charge is -2.72. The zero-order valence-electron chi connectivity index (χ0n) is 42.7. The van der Waals surface area contributed by atoms with Crippen LogP contribution >= 0.6 is 11.6 Å². The molecule has 0 spiro atoms. The fraction of sp³-hybridized carbons (Fsp3) is 0.690. The van der Waals surface area contributed by atoms with Crippen molar-refractivity contribution >= 4 is 35.5 Å². The number of carbonyl (C=O) groups excluding carboxylic acids is 5. The van der Waals surface area contributed by atoms with Crippen LogP contribution in [0.4, 0.5) is 4.79 Å². The van der Waals surface area contributed by atoms with Gasteiger partial charge in [0.05, 0.1) is 11.5 Å². The molecule has 10 heteroatoms. The fourth-order valence-corrected chi connectivity index (χ4v) is 16.6. The van der Waals surface area contributed by atoms with E-state index in [-0.39, 0.29) is 74.9 Å². The number of benzene rings is 2. The summed E-state index contributed by atoms with van der Waals surface area (Å²) in [5, 5.41) is 4.38. The lowest BCUT2D eigenvalue weighted by molar-refractivity contribution is -0.235. The summed E-state index contributed by atoms with van der Waals surface area (Å²) >= 11 is 6.29. The zero-order chi connectivity index (χ0) is 49.0. The average Bonchev–Trinajstić information content (AvgIpc) is 3.91. The first-order valence-electron chi connectivity index (χ1n) is 26.2. The molecule has 0 bridgehead atoms. The summed E-state index contributed by atoms with van der Waals surface area (Å²) in [5.41, 5.74) is 3.97. The van der Waals surface area contributed by atoms with Gasteiger partial charge in [0, 0.05) is 36.5 Å². The number of hydrogen-bond donors (Lipinski definition) is 1. The fourth-order valence-electron chi connectivity index (χ4n) is 16.4. The van der Waals surface area contributed by atoms with Crippen molar-refractivity contribution in [2.24, 2.45) is 62.6 Å². The maximum absolute atomic E-state index is 14.9. The van der Waals surface area contributed by atoms with Crippen LogP contribution in [-0.2, 0) is 36.9 Å². The highest BCUT2D eigenvalue weighted by Gasteiger charge is 2.70. The second kappa shape index (κ2) is 19.1. The number of urea groups is 1. The van der Waals surface area contributed by atoms with Gasteiger partial charge in [0.1, 0.15) is 6.10 Å². The van der Waals surface area contributed by atoms with Crippen LogP contribution in [0.2, 0.25) is 5.02 Å². The number of ether oxygens (including phenoxy) is 1. The number of likely N-dealkylation sites (tertiary alicyclic amines) is 1. The van der Waals surface area contributed by atoms with Gasteiger partial charge in [-0.25, -0.2) is 4.79 Å². The molecule has 1 heterocycles. The molecule has 6 aliphatic carbocycles. The van der Waals surface area contributed by atoms with Gasteiger partial charge in [-0.05, 0) is 176 Å². The van der Waals surface area contributed by atoms with Crippen molar-refractivity contribution in [3.8, 4) is 0 Å². The molecule has 1 aliphatic heterocycles. The lowest BCUT2D eigenvalue weighted by atomic mass is 9.33. The van der Waals surface area contributed by atoms with Gasteiger partial charge in [-0.1, -0.05) is 116 Å². The number of halogens is 1. The van der Waals surface area contributed by atoms with Crippen LogP contribution in [-0.4, -0.2) is 71.6 Å². The van der Waals surface area contributed by atoms with Gasteiger partial charge in [0.2, 0.25) is 0 Å². The molecule has 1 saturated heterocycles. The first-order chi connectivity index (χ1) is 32.1. The predicted molar refractivity (Wildman–Crippen MR) is 266 cm³/mol. The van der Waals surface area contributed by atoms with E-state index in [1.165, 1.54) is 24.0 Å². The largest absolute Gasteiger partial charge is 0.462 e. The van der Waals surface area contributed by atoms with E-state index in [4.69, 9.17) is 25.9 Å². The third kappa shape index (κ3) is 8.75. The van der Waals surface area contributed by atoms with Crippen molar-refractivity contribution in [3.63, 3.8) is 0 Å². The van der Waals surface area contributed by atoms with Crippen LogP contribution in [0.15, 0.2) is 65.7 Å². The Morgan fingerprint density at radius 1 is 0.824 bits per heavy atom. The van der Waals surface area contributed by atoms with Crippen molar-refractivity contribution in [1.29, 1.82) is 0 Å². The summed E-state index contributed by atoms with van der Waals surface area (Å²) in [5.74, 6) is 1.98. The molecule has 9 nitrogen and oxygen atoms in total. The number of fused-ring (bicyclic) bond motifs is 7. The van der Waals surface area contributed by atoms with Gasteiger partial charge in [-0.15, -0.1) is 0 Å². The van der Waals surface area contributed by atoms with Crippen LogP contribution in [0.1, 0.15) is 150 Å². The van der Waals surface area contributed by atoms with Crippen molar-refractivity contribution < 1.29 is 28.7 Å². The summed E-state index contributed by atoms with van der Waals surface area (Å²) in [6.07, 6.45) is 13.1. The Labute approximate surface area is 412 Å². The molecular formula is C58H80ClN3O6. The van der Waals surface area contributed by atoms with Gasteiger partial charge in [0.15, 0.2) is 5.78 Å². The number of esters is 1. The van der Waals surface area contributed by atoms with E-state index >= 15 is 0 Å². The summed E-state index contributed by atoms with van der Waals surface area (Å²) < 4.78 is 6.71. The summed E-state index contributed by atoms with van der Waals surface area (Å²) in [6.45, 7) is 25.7. The van der Waals surface area contributed by atoms with E-state index in [2.05, 4.69) is 103 Å². The zero-order valence-corrected chi connectivity index (χ0v) is 43.4. The molecule has 2 aromatic carbocycles. The molecule has 10 atom stereocenters. The summed E-state index contributed by atoms with van der Waals surface area (Å²) in [7, 11) is 0. The van der Waals surface area contributed by atoms with Crippen LogP contribution in [0.5, 0.6) is 0 Å². The molecular weight excluding hydrogens is 870 g/mol. The van der Waals surface area contributed by atoms with Gasteiger partial charge in [-0.2, -0.15) is 9.59 Å². The number of nitrogens with zero attached hydrogens (tertiary/aromatic N) is 2. The van der Waals surface area contributed by atoms with Crippen molar-refractivity contribution in [1.82, 2.24) is 15.1 Å². The van der Waals surface area contributed by atoms with E-state index in [1.807, 2.05) is 29.2 Å². The topological polar surface area (TPSA) is 113 Å². The van der Waals surface area contributed by atoms with Gasteiger partial charge in [0.25, 0.3) is 0 Å². The number of carbonyl (C=O) groups is 3. The highest BCUT2D eigenvalue weighted by atomic mass is 35.5. The molecule has 370 valence electrons. The van der Waals surface area contributed by atoms with E-state index in [9.17, 15) is 14.4 Å². The number of amides is 2. The van der Waals surface area contributed by atoms with Crippen molar-refractivity contribution in [2.45, 2.75) is 164 Å². The predicted octanol–water partition coefficient (Wildman–Crippen LogP) is 11.9. The Morgan fingerprint density at radius 2 is 1.50 bits per heavy atom. The van der Waals surface area contributed by atoms with E-state index < -0.39 is 5.54 Å². The van der Waals surface area contributed by atoms with Gasteiger partial charge in [-0.3, -0.25) is 9.59 Å². The quantitative estimate of drug-likeness (QED) is 0.223. The minimum absolute atomic E-state index is 0.0173. The molecule has 7 aliphatic rings. The van der Waals surface area contributed by atoms with Crippen molar-refractivity contribution in [2.75, 3.05) is 26.2 Å². The SMILES string of the molecule is CC(C)C1=C2[C@H]3CC[C@@H]4[C@@]5(C)CC[C@H](OC(=O)[C@H]6C[C@@H](Cc7ccccc7)C6(C)C)C(C)(C)[C@@H]5CC[C@@]4(C)[C@]3(C)CC[C@@]2(NC(=O)N(CCN2CCCC2)Cc2ccc(Cl)cc2)CC1=O.O=C=O. The number of allylic oxidation sites excluding steroid dienone is 1. The number of nitrogens with one attached hydrogen (secondary N) is 1. The number of ketones is 1. The standard InChI is InChI=1S/C57H80ClN3O4.CO2/c1-37(2)48-44(62)35-57(59-51(64)61(32-31-60-29-13-14-30-60)36-39-17-19-41(58)20-18-39)28-27-55(8)42(49(48)57)21-22-46-54(7)25-24-47(53(5,6)45(54)23-26-56(46,55)9)65-50(63)43-34-40(52(43,3)4)33-38-15-11-10-12-16-38;2-1-3/h10-12,15-20,37,40,42-43,45-47H,13-14,21-36H2,1-9H3,(H,59,64);/t40-,42-,43-,45+,46-,47+,54+,55-,56-,57-;/m1./s1. The summed E-state index contributed by atoms with van der Waals surface area (Å²) in [6, 6.07) is 18.5. The molecule has 0 unspecified atom stereocenters. The Bertz CT molecular complexity index is 2260. The van der Waals surface area contributed by atoms with Gasteiger partial charge < -0.3 is 19.9 Å². The highest BCUT2D eigenvalue weighted by Crippen LogP contribution is 2.76. The highest BCUT2D eigenvalue weighted by molar-refractivity contribution is 6.30. The molecule has 9 rings (SSSR count). The molecule has 2 amide bonds. The first-order valence-corrected chi connectivity index (χ1v) is 26.6. The molecule has 1 N–H and O–H groups in total. The summed E-state index contributed by atoms with van der Waals surface area (Å²) in [4.78, 5) is 64.1. The maximum Gasteiger partial charge on any atom is 0.373 e. The average molecular weight is 951 g/mol. The number of rotatable bonds is 11. The smallest absolute Gasteiger partial charge is 0.373 e. The van der Waals surface area contributed by atoms with Crippen LogP contribution in [0, 0.1) is 62.6 Å². The monoisotopic (exact) mass is 950 g/mol. The minimum Gasteiger partial charge on any atom is -0.462 e. The van der Waals surface area contributed by atoms with E-state index in [0.717, 1.165) is 95.0 Å². The molecule has 0 aromatic heterocycles. The lowest BCUT2D eigenvalue weighted by Crippen LogP contribution is -2.67. The third-order valence-electron chi connectivity index (χ3n) is 20.5. The van der Waals surface area contributed by atoms with Crippen molar-refractivity contribution in [3.05, 3.63) is 81.9 Å². The molecule has 68 heavy (non-hydrogen) atoms. The Balaban J connectivity index is 0.00000203. The van der Waals surface area contributed by atoms with Crippen LogP contribution in [0.25, 0.3) is 0 Å². The second-order valence-electron chi connectivity index (χ2n) is 24.7. The molecule has 0 radical (unpaired) electrons. The molecule has 5 saturated carbocycles. The van der Waals surface area contributed by atoms with Gasteiger partial charge >= 0.3 is 18.2 Å². The third-order valence-corrected chi connectivity index (χ3v) is 20.8. The van der Waals surface area contributed by atoms with E-state index in [1.54, 1.807) is 0 Å². The number of hydrogen-bond acceptors (Lipinski definition) is 7.